The molecule has 1 fully saturated rings. The minimum Gasteiger partial charge on any atom is -0.477 e. The zero-order valence-electron chi connectivity index (χ0n) is 14.4. The van der Waals surface area contributed by atoms with Crippen molar-refractivity contribution in [2.75, 3.05) is 6.61 Å². The smallest absolute Gasteiger partial charge is 0.233 e. The molecule has 0 unspecified atom stereocenters. The van der Waals surface area contributed by atoms with Crippen LogP contribution in [0.4, 0.5) is 0 Å². The van der Waals surface area contributed by atoms with E-state index in [9.17, 15) is 0 Å². The van der Waals surface area contributed by atoms with E-state index in [1.165, 1.54) is 57.8 Å². The van der Waals surface area contributed by atoms with E-state index in [1.54, 1.807) is 0 Å². The van der Waals surface area contributed by atoms with Crippen molar-refractivity contribution in [3.63, 3.8) is 0 Å². The van der Waals surface area contributed by atoms with Crippen LogP contribution in [-0.4, -0.2) is 16.8 Å². The predicted molar refractivity (Wildman–Crippen MR) is 91.3 cm³/mol. The van der Waals surface area contributed by atoms with Crippen molar-refractivity contribution >= 4 is 0 Å². The molecule has 0 N–H and O–H groups in total. The second-order valence-electron chi connectivity index (χ2n) is 6.71. The summed E-state index contributed by atoms with van der Waals surface area (Å²) in [5.41, 5.74) is 1.16. The number of hydrogen-bond donors (Lipinski definition) is 0. The Balaban J connectivity index is 1.74. The molecule has 1 aromatic rings. The topological polar surface area (TPSA) is 35.0 Å². The van der Waals surface area contributed by atoms with E-state index in [-0.39, 0.29) is 0 Å². The molecule has 2 rings (SSSR count). The molecule has 1 heterocycles. The molecule has 0 spiro atoms. The Labute approximate surface area is 135 Å². The van der Waals surface area contributed by atoms with Crippen LogP contribution < -0.4 is 4.74 Å². The van der Waals surface area contributed by atoms with Gasteiger partial charge in [-0.1, -0.05) is 46.0 Å². The van der Waals surface area contributed by atoms with Crippen molar-refractivity contribution in [2.45, 2.75) is 84.0 Å². The summed E-state index contributed by atoms with van der Waals surface area (Å²) in [6, 6.07) is 4.12. The van der Waals surface area contributed by atoms with Gasteiger partial charge in [-0.3, -0.25) is 0 Å². The lowest BCUT2D eigenvalue weighted by Crippen LogP contribution is -2.14. The van der Waals surface area contributed by atoms with Crippen LogP contribution in [0.5, 0.6) is 5.88 Å². The fourth-order valence-electron chi connectivity index (χ4n) is 3.39. The van der Waals surface area contributed by atoms with E-state index >= 15 is 0 Å². The van der Waals surface area contributed by atoms with Gasteiger partial charge in [-0.2, -0.15) is 5.10 Å². The van der Waals surface area contributed by atoms with Crippen LogP contribution in [0.15, 0.2) is 12.1 Å². The third kappa shape index (κ3) is 5.58. The van der Waals surface area contributed by atoms with Gasteiger partial charge in [0.05, 0.1) is 12.3 Å². The van der Waals surface area contributed by atoms with Gasteiger partial charge >= 0.3 is 0 Å². The molecule has 1 saturated carbocycles. The number of rotatable bonds is 9. The Morgan fingerprint density at radius 2 is 1.73 bits per heavy atom. The van der Waals surface area contributed by atoms with Crippen LogP contribution in [0.3, 0.4) is 0 Å². The molecule has 0 aromatic carbocycles. The minimum atomic E-state index is 0.611. The summed E-state index contributed by atoms with van der Waals surface area (Å²) >= 11 is 0. The highest BCUT2D eigenvalue weighted by atomic mass is 16.5. The maximum Gasteiger partial charge on any atom is 0.233 e. The summed E-state index contributed by atoms with van der Waals surface area (Å²) in [6.07, 6.45) is 12.9. The van der Waals surface area contributed by atoms with Gasteiger partial charge in [-0.05, 0) is 44.1 Å². The quantitative estimate of drug-likeness (QED) is 0.564. The van der Waals surface area contributed by atoms with Crippen LogP contribution in [0.2, 0.25) is 0 Å². The lowest BCUT2D eigenvalue weighted by atomic mass is 9.78. The maximum absolute atomic E-state index is 5.64. The van der Waals surface area contributed by atoms with Gasteiger partial charge < -0.3 is 4.74 Å². The standard InChI is InChI=1S/C19H32N2O/c1-3-5-7-15-22-19-14-13-18(20-21-19)17-11-9-16(10-12-17)8-6-4-2/h13-14,16-17H,3-12,15H2,1-2H3/t16-,17-. The first-order valence-corrected chi connectivity index (χ1v) is 9.29. The zero-order chi connectivity index (χ0) is 15.6. The normalized spacial score (nSPS) is 21.7. The maximum atomic E-state index is 5.64. The minimum absolute atomic E-state index is 0.611. The van der Waals surface area contributed by atoms with Gasteiger partial charge in [0.2, 0.25) is 5.88 Å². The molecular weight excluding hydrogens is 272 g/mol. The number of nitrogens with zero attached hydrogens (tertiary/aromatic N) is 2. The molecule has 3 nitrogen and oxygen atoms in total. The molecule has 3 heteroatoms. The molecule has 0 bridgehead atoms. The monoisotopic (exact) mass is 304 g/mol. The molecule has 0 radical (unpaired) electrons. The van der Waals surface area contributed by atoms with Crippen molar-refractivity contribution in [1.82, 2.24) is 10.2 Å². The summed E-state index contributed by atoms with van der Waals surface area (Å²) in [6.45, 7) is 5.24. The Morgan fingerprint density at radius 3 is 2.36 bits per heavy atom. The fraction of sp³-hybridized carbons (Fsp3) is 0.789. The van der Waals surface area contributed by atoms with E-state index in [1.807, 2.05) is 6.07 Å². The molecular formula is C19H32N2O. The summed E-state index contributed by atoms with van der Waals surface area (Å²) in [4.78, 5) is 0. The van der Waals surface area contributed by atoms with Gasteiger partial charge in [-0.15, -0.1) is 5.10 Å². The first kappa shape index (κ1) is 17.2. The van der Waals surface area contributed by atoms with Crippen molar-refractivity contribution in [1.29, 1.82) is 0 Å². The van der Waals surface area contributed by atoms with Crippen molar-refractivity contribution < 1.29 is 4.74 Å². The average molecular weight is 304 g/mol. The summed E-state index contributed by atoms with van der Waals surface area (Å²) in [5.74, 6) is 2.24. The van der Waals surface area contributed by atoms with Crippen LogP contribution in [0.1, 0.15) is 89.7 Å². The highest BCUT2D eigenvalue weighted by Gasteiger charge is 2.23. The predicted octanol–water partition coefficient (Wildman–Crippen LogP) is 5.51. The van der Waals surface area contributed by atoms with Gasteiger partial charge in [0.15, 0.2) is 0 Å². The summed E-state index contributed by atoms with van der Waals surface area (Å²) in [7, 11) is 0. The first-order valence-electron chi connectivity index (χ1n) is 9.29. The molecule has 0 aliphatic heterocycles. The Bertz CT molecular complexity index is 396. The average Bonchev–Trinajstić information content (AvgIpc) is 2.58. The molecule has 0 atom stereocenters. The van der Waals surface area contributed by atoms with E-state index in [0.717, 1.165) is 24.6 Å². The molecule has 0 amide bonds. The molecule has 1 aliphatic carbocycles. The fourth-order valence-corrected chi connectivity index (χ4v) is 3.39. The van der Waals surface area contributed by atoms with Gasteiger partial charge in [-0.25, -0.2) is 0 Å². The molecule has 124 valence electrons. The Kier molecular flexibility index (Phi) is 7.68. The van der Waals surface area contributed by atoms with E-state index in [4.69, 9.17) is 4.74 Å². The van der Waals surface area contributed by atoms with Crippen LogP contribution >= 0.6 is 0 Å². The summed E-state index contributed by atoms with van der Waals surface area (Å²) < 4.78 is 5.64. The van der Waals surface area contributed by atoms with Crippen molar-refractivity contribution in [3.05, 3.63) is 17.8 Å². The van der Waals surface area contributed by atoms with E-state index in [2.05, 4.69) is 30.1 Å². The van der Waals surface area contributed by atoms with Gasteiger partial charge in [0.25, 0.3) is 0 Å². The van der Waals surface area contributed by atoms with Gasteiger partial charge in [0.1, 0.15) is 0 Å². The zero-order valence-corrected chi connectivity index (χ0v) is 14.4. The number of aromatic nitrogens is 2. The van der Waals surface area contributed by atoms with Crippen molar-refractivity contribution in [2.24, 2.45) is 5.92 Å². The third-order valence-corrected chi connectivity index (χ3v) is 4.89. The Hall–Kier alpha value is -1.12. The lowest BCUT2D eigenvalue weighted by Gasteiger charge is -2.27. The van der Waals surface area contributed by atoms with Crippen LogP contribution in [0, 0.1) is 5.92 Å². The molecule has 1 aliphatic rings. The Morgan fingerprint density at radius 1 is 0.955 bits per heavy atom. The van der Waals surface area contributed by atoms with Crippen LogP contribution in [-0.2, 0) is 0 Å². The molecule has 22 heavy (non-hydrogen) atoms. The first-order chi connectivity index (χ1) is 10.8. The SMILES string of the molecule is CCCCCOc1ccc([C@H]2CC[C@H](CCCC)CC2)nn1. The highest BCUT2D eigenvalue weighted by Crippen LogP contribution is 2.36. The highest BCUT2D eigenvalue weighted by molar-refractivity contribution is 5.15. The van der Waals surface area contributed by atoms with Crippen molar-refractivity contribution in [3.8, 4) is 5.88 Å². The molecule has 1 aromatic heterocycles. The number of ether oxygens (including phenoxy) is 1. The van der Waals surface area contributed by atoms with Crippen LogP contribution in [0.25, 0.3) is 0 Å². The van der Waals surface area contributed by atoms with E-state index in [0.29, 0.717) is 11.8 Å². The number of unbranched alkanes of at least 4 members (excludes halogenated alkanes) is 3. The second-order valence-corrected chi connectivity index (χ2v) is 6.71. The summed E-state index contributed by atoms with van der Waals surface area (Å²) in [5, 5.41) is 8.66. The molecule has 0 saturated heterocycles. The largest absolute Gasteiger partial charge is 0.477 e. The lowest BCUT2D eigenvalue weighted by molar-refractivity contribution is 0.286. The third-order valence-electron chi connectivity index (χ3n) is 4.89. The van der Waals surface area contributed by atoms with E-state index < -0.39 is 0 Å². The number of hydrogen-bond acceptors (Lipinski definition) is 3. The second kappa shape index (κ2) is 9.81. The van der Waals surface area contributed by atoms with Gasteiger partial charge in [0, 0.05) is 12.0 Å².